The van der Waals surface area contributed by atoms with E-state index >= 15 is 0 Å². The first kappa shape index (κ1) is 10.0. The van der Waals surface area contributed by atoms with Gasteiger partial charge in [0.15, 0.2) is 0 Å². The highest BCUT2D eigenvalue weighted by Gasteiger charge is 2.25. The van der Waals surface area contributed by atoms with Crippen molar-refractivity contribution in [1.82, 2.24) is 4.90 Å². The highest BCUT2D eigenvalue weighted by molar-refractivity contribution is 5.84. The number of carbonyl (C=O) groups excluding carboxylic acids is 2. The highest BCUT2D eigenvalue weighted by atomic mass is 16.2. The molecule has 0 spiro atoms. The first-order valence-corrected chi connectivity index (χ1v) is 4.64. The molecule has 0 heterocycles. The molecule has 0 aromatic rings. The summed E-state index contributed by atoms with van der Waals surface area (Å²) >= 11 is 0. The second-order valence-corrected chi connectivity index (χ2v) is 3.64. The predicted octanol–water partition coefficient (Wildman–Crippen LogP) is 0.120. The van der Waals surface area contributed by atoms with E-state index in [1.165, 1.54) is 4.90 Å². The van der Waals surface area contributed by atoms with Gasteiger partial charge in [0.1, 0.15) is 0 Å². The lowest BCUT2D eigenvalue weighted by Crippen LogP contribution is -2.38. The maximum Gasteiger partial charge on any atom is 0.237 e. The maximum atomic E-state index is 11.6. The number of nitrogens with two attached hydrogens (primary N) is 1. The zero-order valence-electron chi connectivity index (χ0n) is 7.95. The normalized spacial score (nSPS) is 17.3. The van der Waals surface area contributed by atoms with Crippen LogP contribution in [0.1, 0.15) is 25.7 Å². The third kappa shape index (κ3) is 2.72. The molecule has 4 nitrogen and oxygen atoms in total. The van der Waals surface area contributed by atoms with E-state index in [1.54, 1.807) is 7.05 Å². The van der Waals surface area contributed by atoms with Gasteiger partial charge < -0.3 is 10.6 Å². The summed E-state index contributed by atoms with van der Waals surface area (Å²) in [6.07, 6.45) is 4.17. The molecule has 0 radical (unpaired) electrons. The quantitative estimate of drug-likeness (QED) is 0.677. The molecule has 0 aromatic carbocycles. The van der Waals surface area contributed by atoms with Gasteiger partial charge >= 0.3 is 0 Å². The monoisotopic (exact) mass is 184 g/mol. The van der Waals surface area contributed by atoms with E-state index < -0.39 is 5.91 Å². The van der Waals surface area contributed by atoms with Crippen LogP contribution in [-0.2, 0) is 9.59 Å². The number of primary amides is 1. The molecule has 74 valence electrons. The Kier molecular flexibility index (Phi) is 3.28. The SMILES string of the molecule is CN(CC(N)=O)C(=O)C1CCCC1. The van der Waals surface area contributed by atoms with Crippen LogP contribution in [0, 0.1) is 5.92 Å². The Labute approximate surface area is 78.1 Å². The molecule has 1 aliphatic rings. The summed E-state index contributed by atoms with van der Waals surface area (Å²) in [7, 11) is 1.63. The summed E-state index contributed by atoms with van der Waals surface area (Å²) in [5.41, 5.74) is 5.00. The van der Waals surface area contributed by atoms with Crippen LogP contribution in [-0.4, -0.2) is 30.3 Å². The van der Waals surface area contributed by atoms with Crippen molar-refractivity contribution in [2.45, 2.75) is 25.7 Å². The largest absolute Gasteiger partial charge is 0.368 e. The van der Waals surface area contributed by atoms with Crippen molar-refractivity contribution in [3.05, 3.63) is 0 Å². The summed E-state index contributed by atoms with van der Waals surface area (Å²) in [6.45, 7) is 0.0370. The van der Waals surface area contributed by atoms with Crippen LogP contribution < -0.4 is 5.73 Å². The molecular formula is C9H16N2O2. The minimum absolute atomic E-state index is 0.0370. The molecule has 1 rings (SSSR count). The van der Waals surface area contributed by atoms with Crippen molar-refractivity contribution in [2.75, 3.05) is 13.6 Å². The summed E-state index contributed by atoms with van der Waals surface area (Å²) in [5.74, 6) is -0.255. The number of carbonyl (C=O) groups is 2. The molecule has 0 saturated heterocycles. The van der Waals surface area contributed by atoms with Crippen molar-refractivity contribution in [3.8, 4) is 0 Å². The van der Waals surface area contributed by atoms with Crippen molar-refractivity contribution in [3.63, 3.8) is 0 Å². The van der Waals surface area contributed by atoms with Gasteiger partial charge in [0.05, 0.1) is 6.54 Å². The molecule has 2 N–H and O–H groups in total. The van der Waals surface area contributed by atoms with E-state index in [-0.39, 0.29) is 18.4 Å². The van der Waals surface area contributed by atoms with Crippen LogP contribution in [0.15, 0.2) is 0 Å². The zero-order valence-corrected chi connectivity index (χ0v) is 7.95. The average Bonchev–Trinajstić information content (AvgIpc) is 2.53. The number of rotatable bonds is 3. The van der Waals surface area contributed by atoms with Gasteiger partial charge in [0.2, 0.25) is 11.8 Å². The molecular weight excluding hydrogens is 168 g/mol. The molecule has 0 atom stereocenters. The summed E-state index contributed by atoms with van der Waals surface area (Å²) in [4.78, 5) is 23.6. The minimum Gasteiger partial charge on any atom is -0.368 e. The number of nitrogens with zero attached hydrogens (tertiary/aromatic N) is 1. The summed E-state index contributed by atoms with van der Waals surface area (Å²) in [6, 6.07) is 0. The van der Waals surface area contributed by atoms with Gasteiger partial charge in [0.25, 0.3) is 0 Å². The van der Waals surface area contributed by atoms with Crippen LogP contribution in [0.3, 0.4) is 0 Å². The number of hydrogen-bond acceptors (Lipinski definition) is 2. The Hall–Kier alpha value is -1.06. The van der Waals surface area contributed by atoms with E-state index in [0.717, 1.165) is 25.7 Å². The highest BCUT2D eigenvalue weighted by Crippen LogP contribution is 2.25. The lowest BCUT2D eigenvalue weighted by atomic mass is 10.1. The number of likely N-dealkylation sites (N-methyl/N-ethyl adjacent to an activating group) is 1. The number of amides is 2. The molecule has 1 fully saturated rings. The van der Waals surface area contributed by atoms with Crippen molar-refractivity contribution in [1.29, 1.82) is 0 Å². The summed E-state index contributed by atoms with van der Waals surface area (Å²) < 4.78 is 0. The Morgan fingerprint density at radius 2 is 1.92 bits per heavy atom. The maximum absolute atomic E-state index is 11.6. The molecule has 0 aliphatic heterocycles. The molecule has 1 saturated carbocycles. The Bertz CT molecular complexity index is 210. The fraction of sp³-hybridized carbons (Fsp3) is 0.778. The van der Waals surface area contributed by atoms with Crippen LogP contribution in [0.25, 0.3) is 0 Å². The third-order valence-electron chi connectivity index (χ3n) is 2.47. The van der Waals surface area contributed by atoms with Crippen molar-refractivity contribution >= 4 is 11.8 Å². The van der Waals surface area contributed by atoms with E-state index in [2.05, 4.69) is 0 Å². The van der Waals surface area contributed by atoms with Gasteiger partial charge in [-0.3, -0.25) is 9.59 Å². The van der Waals surface area contributed by atoms with E-state index in [1.807, 2.05) is 0 Å². The standard InChI is InChI=1S/C9H16N2O2/c1-11(6-8(10)12)9(13)7-4-2-3-5-7/h7H,2-6H2,1H3,(H2,10,12). The Morgan fingerprint density at radius 1 is 1.38 bits per heavy atom. The minimum atomic E-state index is -0.450. The zero-order chi connectivity index (χ0) is 9.84. The first-order valence-electron chi connectivity index (χ1n) is 4.64. The summed E-state index contributed by atoms with van der Waals surface area (Å²) in [5, 5.41) is 0. The van der Waals surface area contributed by atoms with Gasteiger partial charge in [-0.25, -0.2) is 0 Å². The average molecular weight is 184 g/mol. The molecule has 0 bridgehead atoms. The first-order chi connectivity index (χ1) is 6.11. The fourth-order valence-electron chi connectivity index (χ4n) is 1.80. The van der Waals surface area contributed by atoms with Crippen molar-refractivity contribution < 1.29 is 9.59 Å². The second kappa shape index (κ2) is 4.25. The van der Waals surface area contributed by atoms with Gasteiger partial charge in [0, 0.05) is 13.0 Å². The van der Waals surface area contributed by atoms with E-state index in [0.29, 0.717) is 0 Å². The van der Waals surface area contributed by atoms with E-state index in [4.69, 9.17) is 5.73 Å². The molecule has 0 unspecified atom stereocenters. The number of hydrogen-bond donors (Lipinski definition) is 1. The molecule has 13 heavy (non-hydrogen) atoms. The van der Waals surface area contributed by atoms with Crippen molar-refractivity contribution in [2.24, 2.45) is 11.7 Å². The van der Waals surface area contributed by atoms with Gasteiger partial charge in [-0.05, 0) is 12.8 Å². The lowest BCUT2D eigenvalue weighted by Gasteiger charge is -2.18. The smallest absolute Gasteiger partial charge is 0.237 e. The molecule has 1 aliphatic carbocycles. The van der Waals surface area contributed by atoms with E-state index in [9.17, 15) is 9.59 Å². The fourth-order valence-corrected chi connectivity index (χ4v) is 1.80. The van der Waals surface area contributed by atoms with Gasteiger partial charge in [-0.15, -0.1) is 0 Å². The third-order valence-corrected chi connectivity index (χ3v) is 2.47. The van der Waals surface area contributed by atoms with Crippen LogP contribution in [0.5, 0.6) is 0 Å². The van der Waals surface area contributed by atoms with Crippen LogP contribution in [0.4, 0.5) is 0 Å². The Balaban J connectivity index is 2.41. The molecule has 2 amide bonds. The van der Waals surface area contributed by atoms with Gasteiger partial charge in [-0.1, -0.05) is 12.8 Å². The van der Waals surface area contributed by atoms with Crippen LogP contribution in [0.2, 0.25) is 0 Å². The molecule has 0 aromatic heterocycles. The molecule has 4 heteroatoms. The van der Waals surface area contributed by atoms with Gasteiger partial charge in [-0.2, -0.15) is 0 Å². The second-order valence-electron chi connectivity index (χ2n) is 3.64. The predicted molar refractivity (Wildman–Crippen MR) is 48.8 cm³/mol. The van der Waals surface area contributed by atoms with Crippen LogP contribution >= 0.6 is 0 Å². The topological polar surface area (TPSA) is 63.4 Å². The lowest BCUT2D eigenvalue weighted by molar-refractivity contribution is -0.137. The Morgan fingerprint density at radius 3 is 2.38 bits per heavy atom.